The lowest BCUT2D eigenvalue weighted by Crippen LogP contribution is -2.17. The Morgan fingerprint density at radius 2 is 0.837 bits per heavy atom. The van der Waals surface area contributed by atoms with Crippen molar-refractivity contribution in [3.63, 3.8) is 0 Å². The van der Waals surface area contributed by atoms with Crippen LogP contribution in [0, 0.1) is 23.7 Å². The summed E-state index contributed by atoms with van der Waals surface area (Å²) in [6.07, 6.45) is 41.2. The lowest BCUT2D eigenvalue weighted by Gasteiger charge is -2.29. The van der Waals surface area contributed by atoms with Crippen LogP contribution in [0.3, 0.4) is 0 Å². The van der Waals surface area contributed by atoms with Gasteiger partial charge in [-0.3, -0.25) is 9.97 Å². The fraction of sp³-hybridized carbons (Fsp3) is 0.783. The molecule has 4 rings (SSSR count). The predicted octanol–water partition coefficient (Wildman–Crippen LogP) is 14.4. The Bertz CT molecular complexity index is 1050. The van der Waals surface area contributed by atoms with Crippen molar-refractivity contribution < 1.29 is 4.74 Å². The summed E-state index contributed by atoms with van der Waals surface area (Å²) < 4.78 is 6.65. The standard InChI is InChI=1S/C46H76N2O/c1-5-9-13-17-21-45-41(31-39-27-23-37(24-28-39)19-15-11-7-3)33-43(35-47-45)49-44-34-42(46(48-36-44)22-18-14-10-6-2)32-40-29-25-38(26-30-40)20-16-12-8-4/h33-40H,5-32H2,1-4H3. The molecule has 2 aromatic rings. The molecule has 2 aliphatic carbocycles. The molecule has 0 N–H and O–H groups in total. The van der Waals surface area contributed by atoms with Crippen molar-refractivity contribution in [2.24, 2.45) is 23.7 Å². The topological polar surface area (TPSA) is 35.0 Å². The van der Waals surface area contributed by atoms with E-state index in [-0.39, 0.29) is 0 Å². The molecular weight excluding hydrogens is 597 g/mol. The molecule has 3 heteroatoms. The summed E-state index contributed by atoms with van der Waals surface area (Å²) in [5.41, 5.74) is 5.53. The number of aromatic nitrogens is 2. The van der Waals surface area contributed by atoms with E-state index in [4.69, 9.17) is 14.7 Å². The Morgan fingerprint density at radius 1 is 0.469 bits per heavy atom. The van der Waals surface area contributed by atoms with Crippen molar-refractivity contribution in [2.45, 2.75) is 207 Å². The lowest BCUT2D eigenvalue weighted by molar-refractivity contribution is 0.257. The van der Waals surface area contributed by atoms with E-state index in [0.717, 1.165) is 60.9 Å². The van der Waals surface area contributed by atoms with Gasteiger partial charge in [0.1, 0.15) is 11.5 Å². The number of ether oxygens (including phenoxy) is 1. The van der Waals surface area contributed by atoms with E-state index in [0.29, 0.717) is 0 Å². The fourth-order valence-electron chi connectivity index (χ4n) is 8.96. The average Bonchev–Trinajstić information content (AvgIpc) is 3.12. The molecule has 2 fully saturated rings. The van der Waals surface area contributed by atoms with Gasteiger partial charge in [-0.15, -0.1) is 0 Å². The molecule has 0 saturated heterocycles. The second-order valence-electron chi connectivity index (χ2n) is 16.5. The van der Waals surface area contributed by atoms with Gasteiger partial charge in [-0.1, -0.05) is 143 Å². The van der Waals surface area contributed by atoms with Crippen LogP contribution in [0.1, 0.15) is 204 Å². The lowest BCUT2D eigenvalue weighted by atomic mass is 9.77. The van der Waals surface area contributed by atoms with Gasteiger partial charge < -0.3 is 4.74 Å². The summed E-state index contributed by atoms with van der Waals surface area (Å²) >= 11 is 0. The first-order chi connectivity index (χ1) is 24.1. The summed E-state index contributed by atoms with van der Waals surface area (Å²) in [5, 5.41) is 0. The van der Waals surface area contributed by atoms with E-state index in [1.165, 1.54) is 177 Å². The highest BCUT2D eigenvalue weighted by Crippen LogP contribution is 2.37. The molecule has 0 amide bonds. The van der Waals surface area contributed by atoms with Crippen LogP contribution >= 0.6 is 0 Å². The molecule has 0 radical (unpaired) electrons. The maximum atomic E-state index is 6.65. The van der Waals surface area contributed by atoms with Crippen LogP contribution in [0.5, 0.6) is 11.5 Å². The van der Waals surface area contributed by atoms with Gasteiger partial charge >= 0.3 is 0 Å². The highest BCUT2D eigenvalue weighted by atomic mass is 16.5. The Hall–Kier alpha value is -1.90. The first-order valence-electron chi connectivity index (χ1n) is 21.7. The van der Waals surface area contributed by atoms with Gasteiger partial charge in [0, 0.05) is 11.4 Å². The Balaban J connectivity index is 1.43. The monoisotopic (exact) mass is 673 g/mol. The van der Waals surface area contributed by atoms with Gasteiger partial charge in [0.2, 0.25) is 0 Å². The summed E-state index contributed by atoms with van der Waals surface area (Å²) in [6, 6.07) is 4.71. The zero-order valence-corrected chi connectivity index (χ0v) is 32.7. The van der Waals surface area contributed by atoms with Crippen molar-refractivity contribution in [1.29, 1.82) is 0 Å². The third-order valence-electron chi connectivity index (χ3n) is 12.2. The molecule has 0 unspecified atom stereocenters. The minimum absolute atomic E-state index is 0.788. The fourth-order valence-corrected chi connectivity index (χ4v) is 8.96. The summed E-state index contributed by atoms with van der Waals surface area (Å²) in [6.45, 7) is 9.25. The molecule has 2 aliphatic rings. The molecule has 0 bridgehead atoms. The summed E-state index contributed by atoms with van der Waals surface area (Å²) in [4.78, 5) is 10.2. The number of aryl methyl sites for hydroxylation is 2. The molecule has 2 aromatic heterocycles. The first-order valence-corrected chi connectivity index (χ1v) is 21.7. The van der Waals surface area contributed by atoms with E-state index in [1.54, 1.807) is 0 Å². The van der Waals surface area contributed by atoms with E-state index in [9.17, 15) is 0 Å². The third kappa shape index (κ3) is 14.7. The largest absolute Gasteiger partial charge is 0.454 e. The molecule has 0 aliphatic heterocycles. The number of hydrogen-bond acceptors (Lipinski definition) is 3. The molecular formula is C46H76N2O. The van der Waals surface area contributed by atoms with Gasteiger partial charge in [-0.25, -0.2) is 0 Å². The quantitative estimate of drug-likeness (QED) is 0.104. The zero-order chi connectivity index (χ0) is 34.5. The van der Waals surface area contributed by atoms with Gasteiger partial charge in [0.25, 0.3) is 0 Å². The number of rotatable bonds is 24. The minimum atomic E-state index is 0.788. The second-order valence-corrected chi connectivity index (χ2v) is 16.5. The highest BCUT2D eigenvalue weighted by Gasteiger charge is 2.24. The predicted molar refractivity (Wildman–Crippen MR) is 211 cm³/mol. The van der Waals surface area contributed by atoms with Crippen LogP contribution < -0.4 is 4.74 Å². The van der Waals surface area contributed by atoms with Crippen molar-refractivity contribution in [2.75, 3.05) is 0 Å². The number of pyridine rings is 2. The van der Waals surface area contributed by atoms with Gasteiger partial charge in [0.15, 0.2) is 0 Å². The zero-order valence-electron chi connectivity index (χ0n) is 32.7. The molecule has 2 heterocycles. The molecule has 49 heavy (non-hydrogen) atoms. The molecule has 0 spiro atoms. The smallest absolute Gasteiger partial charge is 0.146 e. The highest BCUT2D eigenvalue weighted by molar-refractivity contribution is 5.36. The van der Waals surface area contributed by atoms with E-state index in [2.05, 4.69) is 39.8 Å². The van der Waals surface area contributed by atoms with Gasteiger partial charge in [-0.2, -0.15) is 0 Å². The van der Waals surface area contributed by atoms with Crippen molar-refractivity contribution in [3.05, 3.63) is 47.0 Å². The average molecular weight is 673 g/mol. The van der Waals surface area contributed by atoms with Crippen LogP contribution in [0.2, 0.25) is 0 Å². The molecule has 3 nitrogen and oxygen atoms in total. The van der Waals surface area contributed by atoms with Crippen LogP contribution in [0.15, 0.2) is 24.5 Å². The van der Waals surface area contributed by atoms with E-state index >= 15 is 0 Å². The maximum Gasteiger partial charge on any atom is 0.146 e. The number of nitrogens with zero attached hydrogens (tertiary/aromatic N) is 2. The van der Waals surface area contributed by atoms with Crippen molar-refractivity contribution in [3.8, 4) is 11.5 Å². The van der Waals surface area contributed by atoms with Crippen molar-refractivity contribution in [1.82, 2.24) is 9.97 Å². The summed E-state index contributed by atoms with van der Waals surface area (Å²) in [7, 11) is 0. The maximum absolute atomic E-state index is 6.65. The van der Waals surface area contributed by atoms with Crippen LogP contribution in [-0.4, -0.2) is 9.97 Å². The molecule has 2 saturated carbocycles. The molecule has 276 valence electrons. The Labute approximate surface area is 303 Å². The number of unbranched alkanes of at least 4 members (excludes halogenated alkanes) is 10. The Morgan fingerprint density at radius 3 is 1.22 bits per heavy atom. The van der Waals surface area contributed by atoms with Crippen LogP contribution in [-0.2, 0) is 25.7 Å². The van der Waals surface area contributed by atoms with Crippen LogP contribution in [0.25, 0.3) is 0 Å². The minimum Gasteiger partial charge on any atom is -0.454 e. The van der Waals surface area contributed by atoms with E-state index < -0.39 is 0 Å². The van der Waals surface area contributed by atoms with Crippen molar-refractivity contribution >= 4 is 0 Å². The second kappa shape index (κ2) is 23.6. The SMILES string of the molecule is CCCCCCc1ncc(Oc2cnc(CCCCCC)c(CC3CCC(CCCCC)CC3)c2)cc1CC1CCC(CCCCC)CC1. The molecule has 0 aromatic carbocycles. The number of hydrogen-bond donors (Lipinski definition) is 0. The first kappa shape index (κ1) is 39.9. The van der Waals surface area contributed by atoms with Gasteiger partial charge in [0.05, 0.1) is 12.4 Å². The van der Waals surface area contributed by atoms with Crippen LogP contribution in [0.4, 0.5) is 0 Å². The summed E-state index contributed by atoms with van der Waals surface area (Å²) in [5.74, 6) is 5.29. The third-order valence-corrected chi connectivity index (χ3v) is 12.2. The normalized spacial score (nSPS) is 21.2. The van der Waals surface area contributed by atoms with E-state index in [1.807, 2.05) is 12.4 Å². The van der Waals surface area contributed by atoms with Gasteiger partial charge in [-0.05, 0) is 111 Å². The Kier molecular flexibility index (Phi) is 19.2. The molecule has 0 atom stereocenters.